The molecule has 0 saturated carbocycles. The van der Waals surface area contributed by atoms with Gasteiger partial charge in [0.15, 0.2) is 11.5 Å². The van der Waals surface area contributed by atoms with E-state index in [1.807, 2.05) is 6.07 Å². The van der Waals surface area contributed by atoms with Gasteiger partial charge in [0.1, 0.15) is 5.52 Å². The molecular weight excluding hydrogens is 188 g/mol. The number of nitrogens with zero attached hydrogens (tertiary/aromatic N) is 1. The van der Waals surface area contributed by atoms with Crippen molar-refractivity contribution in [2.45, 2.75) is 6.42 Å². The lowest BCUT2D eigenvalue weighted by Crippen LogP contribution is -2.02. The van der Waals surface area contributed by atoms with Crippen molar-refractivity contribution in [3.8, 4) is 0 Å². The van der Waals surface area contributed by atoms with Gasteiger partial charge in [-0.1, -0.05) is 11.6 Å². The quantitative estimate of drug-likeness (QED) is 0.799. The lowest BCUT2D eigenvalue weighted by Gasteiger charge is -1.86. The molecule has 2 N–H and O–H groups in total. The number of fused-ring (bicyclic) bond motifs is 1. The highest BCUT2D eigenvalue weighted by Crippen LogP contribution is 2.19. The van der Waals surface area contributed by atoms with Crippen molar-refractivity contribution in [1.82, 2.24) is 4.98 Å². The molecule has 2 aromatic rings. The Balaban J connectivity index is 2.49. The molecule has 68 valence electrons. The fourth-order valence-corrected chi connectivity index (χ4v) is 1.35. The van der Waals surface area contributed by atoms with E-state index >= 15 is 0 Å². The summed E-state index contributed by atoms with van der Waals surface area (Å²) in [5, 5.41) is 0.667. The molecule has 0 aliphatic carbocycles. The second-order valence-corrected chi connectivity index (χ2v) is 3.19. The van der Waals surface area contributed by atoms with Crippen LogP contribution in [0.3, 0.4) is 0 Å². The minimum absolute atomic E-state index is 0.542. The smallest absolute Gasteiger partial charge is 0.196 e. The molecule has 0 amide bonds. The van der Waals surface area contributed by atoms with Crippen molar-refractivity contribution < 1.29 is 4.42 Å². The largest absolute Gasteiger partial charge is 0.441 e. The minimum atomic E-state index is 0.542. The molecule has 0 atom stereocenters. The number of rotatable bonds is 2. The molecule has 2 rings (SSSR count). The average Bonchev–Trinajstić information content (AvgIpc) is 2.46. The maximum absolute atomic E-state index is 5.80. The Kier molecular flexibility index (Phi) is 2.20. The Labute approximate surface area is 80.5 Å². The molecule has 0 saturated heterocycles. The summed E-state index contributed by atoms with van der Waals surface area (Å²) in [4.78, 5) is 4.23. The Bertz CT molecular complexity index is 424. The lowest BCUT2D eigenvalue weighted by molar-refractivity contribution is 0.531. The van der Waals surface area contributed by atoms with Crippen LogP contribution in [0.4, 0.5) is 0 Å². The van der Waals surface area contributed by atoms with E-state index in [9.17, 15) is 0 Å². The summed E-state index contributed by atoms with van der Waals surface area (Å²) in [6.45, 7) is 0.542. The maximum Gasteiger partial charge on any atom is 0.196 e. The zero-order valence-corrected chi connectivity index (χ0v) is 7.71. The van der Waals surface area contributed by atoms with Gasteiger partial charge >= 0.3 is 0 Å². The van der Waals surface area contributed by atoms with Crippen LogP contribution in [0.25, 0.3) is 11.1 Å². The molecule has 4 heteroatoms. The van der Waals surface area contributed by atoms with Crippen LogP contribution < -0.4 is 5.73 Å². The number of hydrogen-bond acceptors (Lipinski definition) is 3. The fraction of sp³-hybridized carbons (Fsp3) is 0.222. The van der Waals surface area contributed by atoms with E-state index in [4.69, 9.17) is 21.8 Å². The predicted octanol–water partition coefficient (Wildman–Crippen LogP) is 1.98. The highest BCUT2D eigenvalue weighted by molar-refractivity contribution is 6.31. The fourth-order valence-electron chi connectivity index (χ4n) is 1.18. The van der Waals surface area contributed by atoms with Crippen molar-refractivity contribution in [3.63, 3.8) is 0 Å². The summed E-state index contributed by atoms with van der Waals surface area (Å²) in [7, 11) is 0. The SMILES string of the molecule is NCCc1nc2cc(Cl)ccc2o1. The average molecular weight is 197 g/mol. The predicted molar refractivity (Wildman–Crippen MR) is 51.8 cm³/mol. The number of hydrogen-bond donors (Lipinski definition) is 1. The van der Waals surface area contributed by atoms with Gasteiger partial charge in [-0.25, -0.2) is 4.98 Å². The normalized spacial score (nSPS) is 10.9. The van der Waals surface area contributed by atoms with Crippen LogP contribution >= 0.6 is 11.6 Å². The zero-order valence-electron chi connectivity index (χ0n) is 6.96. The first kappa shape index (κ1) is 8.53. The summed E-state index contributed by atoms with van der Waals surface area (Å²) in [5.74, 6) is 0.666. The molecule has 3 nitrogen and oxygen atoms in total. The Morgan fingerprint density at radius 1 is 1.46 bits per heavy atom. The second-order valence-electron chi connectivity index (χ2n) is 2.76. The molecule has 1 aromatic heterocycles. The first-order valence-corrected chi connectivity index (χ1v) is 4.42. The molecule has 0 spiro atoms. The zero-order chi connectivity index (χ0) is 9.26. The number of aromatic nitrogens is 1. The molecule has 0 aliphatic rings. The molecule has 0 aliphatic heterocycles. The Hall–Kier alpha value is -1.06. The van der Waals surface area contributed by atoms with Gasteiger partial charge in [0, 0.05) is 18.0 Å². The van der Waals surface area contributed by atoms with Crippen molar-refractivity contribution in [2.24, 2.45) is 5.73 Å². The van der Waals surface area contributed by atoms with Crippen LogP contribution in [0.1, 0.15) is 5.89 Å². The van der Waals surface area contributed by atoms with Gasteiger partial charge in [-0.2, -0.15) is 0 Å². The Morgan fingerprint density at radius 3 is 3.08 bits per heavy atom. The topological polar surface area (TPSA) is 52.0 Å². The molecule has 0 radical (unpaired) electrons. The highest BCUT2D eigenvalue weighted by atomic mass is 35.5. The van der Waals surface area contributed by atoms with E-state index in [-0.39, 0.29) is 0 Å². The van der Waals surface area contributed by atoms with Gasteiger partial charge in [-0.15, -0.1) is 0 Å². The standard InChI is InChI=1S/C9H9ClN2O/c10-6-1-2-8-7(5-6)12-9(13-8)3-4-11/h1-2,5H,3-4,11H2. The summed E-state index contributed by atoms with van der Waals surface area (Å²) in [5.41, 5.74) is 6.93. The van der Waals surface area contributed by atoms with Gasteiger partial charge in [0.05, 0.1) is 0 Å². The first-order chi connectivity index (χ1) is 6.29. The number of oxazole rings is 1. The van der Waals surface area contributed by atoms with E-state index in [0.717, 1.165) is 11.1 Å². The number of benzene rings is 1. The van der Waals surface area contributed by atoms with E-state index < -0.39 is 0 Å². The highest BCUT2D eigenvalue weighted by Gasteiger charge is 2.04. The van der Waals surface area contributed by atoms with Crippen LogP contribution in [0.2, 0.25) is 5.02 Å². The van der Waals surface area contributed by atoms with Crippen molar-refractivity contribution in [1.29, 1.82) is 0 Å². The van der Waals surface area contributed by atoms with Crippen LogP contribution in [0, 0.1) is 0 Å². The maximum atomic E-state index is 5.80. The summed E-state index contributed by atoms with van der Waals surface area (Å²) < 4.78 is 5.41. The van der Waals surface area contributed by atoms with Crippen LogP contribution in [-0.4, -0.2) is 11.5 Å². The van der Waals surface area contributed by atoms with Crippen molar-refractivity contribution in [3.05, 3.63) is 29.1 Å². The molecular formula is C9H9ClN2O. The minimum Gasteiger partial charge on any atom is -0.441 e. The summed E-state index contributed by atoms with van der Waals surface area (Å²) in [6, 6.07) is 5.37. The van der Waals surface area contributed by atoms with Crippen LogP contribution in [0.15, 0.2) is 22.6 Å². The lowest BCUT2D eigenvalue weighted by atomic mass is 10.3. The summed E-state index contributed by atoms with van der Waals surface area (Å²) in [6.07, 6.45) is 0.659. The van der Waals surface area contributed by atoms with Gasteiger partial charge in [0.25, 0.3) is 0 Å². The molecule has 0 fully saturated rings. The van der Waals surface area contributed by atoms with E-state index in [2.05, 4.69) is 4.98 Å². The molecule has 1 aromatic carbocycles. The van der Waals surface area contributed by atoms with E-state index in [1.54, 1.807) is 12.1 Å². The van der Waals surface area contributed by atoms with Crippen molar-refractivity contribution >= 4 is 22.7 Å². The van der Waals surface area contributed by atoms with Crippen LogP contribution in [-0.2, 0) is 6.42 Å². The molecule has 1 heterocycles. The molecule has 13 heavy (non-hydrogen) atoms. The number of nitrogens with two attached hydrogens (primary N) is 1. The van der Waals surface area contributed by atoms with Gasteiger partial charge in [-0.05, 0) is 18.2 Å². The Morgan fingerprint density at radius 2 is 2.31 bits per heavy atom. The van der Waals surface area contributed by atoms with E-state index in [0.29, 0.717) is 23.9 Å². The van der Waals surface area contributed by atoms with E-state index in [1.165, 1.54) is 0 Å². The molecule has 0 unspecified atom stereocenters. The van der Waals surface area contributed by atoms with Gasteiger partial charge < -0.3 is 10.2 Å². The van der Waals surface area contributed by atoms with Gasteiger partial charge in [-0.3, -0.25) is 0 Å². The van der Waals surface area contributed by atoms with Crippen molar-refractivity contribution in [2.75, 3.05) is 6.54 Å². The van der Waals surface area contributed by atoms with Gasteiger partial charge in [0.2, 0.25) is 0 Å². The third-order valence-electron chi connectivity index (χ3n) is 1.75. The third-order valence-corrected chi connectivity index (χ3v) is 1.99. The summed E-state index contributed by atoms with van der Waals surface area (Å²) >= 11 is 5.80. The third kappa shape index (κ3) is 1.66. The van der Waals surface area contributed by atoms with Crippen LogP contribution in [0.5, 0.6) is 0 Å². The molecule has 0 bridgehead atoms. The number of halogens is 1. The monoisotopic (exact) mass is 196 g/mol. The first-order valence-electron chi connectivity index (χ1n) is 4.04. The second kappa shape index (κ2) is 3.36.